The van der Waals surface area contributed by atoms with Crippen LogP contribution < -0.4 is 10.1 Å². The smallest absolute Gasteiger partial charge is 0.410 e. The molecule has 0 aliphatic carbocycles. The lowest BCUT2D eigenvalue weighted by atomic mass is 9.96. The Labute approximate surface area is 207 Å². The maximum Gasteiger partial charge on any atom is 0.410 e. The topological polar surface area (TPSA) is 62.6 Å². The third-order valence-corrected chi connectivity index (χ3v) is 6.87. The van der Waals surface area contributed by atoms with Gasteiger partial charge in [-0.2, -0.15) is 18.3 Å². The van der Waals surface area contributed by atoms with Gasteiger partial charge in [-0.15, -0.1) is 0 Å². The number of nitrogens with one attached hydrogen (secondary N) is 1. The molecule has 2 atom stereocenters. The van der Waals surface area contributed by atoms with Crippen LogP contribution in [-0.4, -0.2) is 65.0 Å². The summed E-state index contributed by atoms with van der Waals surface area (Å²) in [4.78, 5) is 17.4. The van der Waals surface area contributed by atoms with Gasteiger partial charge in [0, 0.05) is 39.1 Å². The first kappa shape index (κ1) is 24.2. The van der Waals surface area contributed by atoms with Crippen molar-refractivity contribution in [3.05, 3.63) is 77.5 Å². The number of methoxy groups -OCH3 is 1. The first-order valence-corrected chi connectivity index (χ1v) is 11.9. The summed E-state index contributed by atoms with van der Waals surface area (Å²) in [5.41, 5.74) is 2.02. The molecule has 5 rings (SSSR count). The van der Waals surface area contributed by atoms with E-state index in [2.05, 4.69) is 27.4 Å². The molecule has 1 saturated heterocycles. The van der Waals surface area contributed by atoms with Crippen molar-refractivity contribution in [3.8, 4) is 5.75 Å². The number of carbonyl (C=O) groups excluding carboxylic acids is 1. The van der Waals surface area contributed by atoms with Gasteiger partial charge in [-0.1, -0.05) is 42.5 Å². The fourth-order valence-electron chi connectivity index (χ4n) is 4.92. The van der Waals surface area contributed by atoms with Crippen molar-refractivity contribution in [2.24, 2.45) is 0 Å². The molecule has 190 valence electrons. The zero-order valence-corrected chi connectivity index (χ0v) is 19.9. The average Bonchev–Trinajstić information content (AvgIpc) is 3.32. The number of nitrogens with zero attached hydrogens (tertiary/aromatic N) is 4. The molecule has 3 heterocycles. The van der Waals surface area contributed by atoms with Gasteiger partial charge in [-0.25, -0.2) is 4.68 Å². The van der Waals surface area contributed by atoms with Crippen LogP contribution in [0.1, 0.15) is 40.0 Å². The summed E-state index contributed by atoms with van der Waals surface area (Å²) in [6.07, 6.45) is -3.49. The lowest BCUT2D eigenvalue weighted by Gasteiger charge is -2.36. The van der Waals surface area contributed by atoms with Gasteiger partial charge in [0.25, 0.3) is 5.91 Å². The van der Waals surface area contributed by atoms with Crippen molar-refractivity contribution in [1.29, 1.82) is 0 Å². The molecule has 1 aromatic heterocycles. The molecular weight excluding hydrogens is 471 g/mol. The van der Waals surface area contributed by atoms with Gasteiger partial charge < -0.3 is 15.0 Å². The zero-order chi connectivity index (χ0) is 25.3. The molecule has 36 heavy (non-hydrogen) atoms. The molecule has 2 aromatic carbocycles. The molecule has 10 heteroatoms. The van der Waals surface area contributed by atoms with Gasteiger partial charge in [0.05, 0.1) is 19.3 Å². The number of amides is 1. The molecule has 0 radical (unpaired) electrons. The highest BCUT2D eigenvalue weighted by Crippen LogP contribution is 2.44. The van der Waals surface area contributed by atoms with Crippen molar-refractivity contribution < 1.29 is 22.7 Å². The van der Waals surface area contributed by atoms with Crippen LogP contribution in [0.2, 0.25) is 0 Å². The minimum Gasteiger partial charge on any atom is -0.497 e. The highest BCUT2D eigenvalue weighted by Gasteiger charge is 2.47. The Balaban J connectivity index is 1.35. The van der Waals surface area contributed by atoms with E-state index in [1.54, 1.807) is 29.2 Å². The Kier molecular flexibility index (Phi) is 6.61. The standard InChI is InChI=1S/C26H28F3N5O2/c1-36-20-9-5-8-19(14-20)22-15-23(26(27,28)29)34-24(31-22)21(16-30-34)25(35)33-12-10-32(11-13-33)17-18-6-3-2-4-7-18/h2-9,14,16,22-23,31H,10-13,15,17H2,1H3/t22-,23+/m0/s1. The van der Waals surface area contributed by atoms with Gasteiger partial charge in [0.1, 0.15) is 17.1 Å². The largest absolute Gasteiger partial charge is 0.497 e. The highest BCUT2D eigenvalue weighted by molar-refractivity contribution is 5.99. The minimum absolute atomic E-state index is 0.105. The summed E-state index contributed by atoms with van der Waals surface area (Å²) in [7, 11) is 1.51. The molecule has 0 saturated carbocycles. The summed E-state index contributed by atoms with van der Waals surface area (Å²) < 4.78 is 48.2. The normalized spacial score (nSPS) is 20.5. The lowest BCUT2D eigenvalue weighted by Crippen LogP contribution is -2.48. The molecule has 2 aliphatic rings. The summed E-state index contributed by atoms with van der Waals surface area (Å²) in [6, 6.07) is 14.6. The van der Waals surface area contributed by atoms with Crippen LogP contribution in [0, 0.1) is 0 Å². The number of hydrogen-bond acceptors (Lipinski definition) is 5. The van der Waals surface area contributed by atoms with Crippen molar-refractivity contribution >= 4 is 11.7 Å². The Hall–Kier alpha value is -3.53. The second kappa shape index (κ2) is 9.85. The number of halogens is 3. The average molecular weight is 500 g/mol. The molecule has 0 bridgehead atoms. The lowest BCUT2D eigenvalue weighted by molar-refractivity contribution is -0.173. The first-order chi connectivity index (χ1) is 17.3. The van der Waals surface area contributed by atoms with E-state index in [1.165, 1.54) is 18.9 Å². The van der Waals surface area contributed by atoms with Crippen LogP contribution in [0.15, 0.2) is 60.8 Å². The number of aromatic nitrogens is 2. The van der Waals surface area contributed by atoms with Gasteiger partial charge in [0.15, 0.2) is 6.04 Å². The number of fused-ring (bicyclic) bond motifs is 1. The monoisotopic (exact) mass is 499 g/mol. The second-order valence-electron chi connectivity index (χ2n) is 9.17. The quantitative estimate of drug-likeness (QED) is 0.560. The molecular formula is C26H28F3N5O2. The third-order valence-electron chi connectivity index (χ3n) is 6.87. The van der Waals surface area contributed by atoms with E-state index in [0.29, 0.717) is 37.5 Å². The van der Waals surface area contributed by atoms with E-state index in [4.69, 9.17) is 4.74 Å². The number of benzene rings is 2. The number of piperazine rings is 1. The number of hydrogen-bond donors (Lipinski definition) is 1. The van der Waals surface area contributed by atoms with Crippen LogP contribution in [0.3, 0.4) is 0 Å². The summed E-state index contributed by atoms with van der Waals surface area (Å²) in [5.74, 6) is 0.352. The molecule has 1 amide bonds. The Morgan fingerprint density at radius 1 is 1.08 bits per heavy atom. The molecule has 1 fully saturated rings. The van der Waals surface area contributed by atoms with E-state index in [9.17, 15) is 18.0 Å². The summed E-state index contributed by atoms with van der Waals surface area (Å²) in [5, 5.41) is 7.17. The van der Waals surface area contributed by atoms with E-state index in [0.717, 1.165) is 11.2 Å². The highest BCUT2D eigenvalue weighted by atomic mass is 19.4. The molecule has 3 aromatic rings. The fourth-order valence-corrected chi connectivity index (χ4v) is 4.92. The maximum atomic E-state index is 14.0. The number of rotatable bonds is 5. The second-order valence-corrected chi connectivity index (χ2v) is 9.17. The van der Waals surface area contributed by atoms with E-state index >= 15 is 0 Å². The number of alkyl halides is 3. The van der Waals surface area contributed by atoms with Crippen LogP contribution in [-0.2, 0) is 6.54 Å². The Morgan fingerprint density at radius 3 is 2.53 bits per heavy atom. The number of anilines is 1. The van der Waals surface area contributed by atoms with Crippen molar-refractivity contribution in [3.63, 3.8) is 0 Å². The third kappa shape index (κ3) is 4.90. The SMILES string of the molecule is COc1cccc([C@@H]2C[C@H](C(F)(F)F)n3ncc(C(=O)N4CCN(Cc5ccccc5)CC4)c3N2)c1. The van der Waals surface area contributed by atoms with Crippen LogP contribution >= 0.6 is 0 Å². The van der Waals surface area contributed by atoms with Crippen molar-refractivity contribution in [1.82, 2.24) is 19.6 Å². The summed E-state index contributed by atoms with van der Waals surface area (Å²) in [6.45, 7) is 3.17. The molecule has 0 spiro atoms. The number of ether oxygens (including phenoxy) is 1. The fraction of sp³-hybridized carbons (Fsp3) is 0.385. The van der Waals surface area contributed by atoms with Crippen LogP contribution in [0.4, 0.5) is 19.0 Å². The van der Waals surface area contributed by atoms with Crippen molar-refractivity contribution in [2.75, 3.05) is 38.6 Å². The van der Waals surface area contributed by atoms with Crippen molar-refractivity contribution in [2.45, 2.75) is 31.2 Å². The van der Waals surface area contributed by atoms with Gasteiger partial charge in [-0.05, 0) is 23.3 Å². The number of carbonyl (C=O) groups is 1. The van der Waals surface area contributed by atoms with Crippen LogP contribution in [0.5, 0.6) is 5.75 Å². The van der Waals surface area contributed by atoms with E-state index in [-0.39, 0.29) is 23.7 Å². The van der Waals surface area contributed by atoms with E-state index in [1.807, 2.05) is 18.2 Å². The molecule has 0 unspecified atom stereocenters. The predicted molar refractivity (Wildman–Crippen MR) is 129 cm³/mol. The van der Waals surface area contributed by atoms with E-state index < -0.39 is 18.3 Å². The zero-order valence-electron chi connectivity index (χ0n) is 19.9. The molecule has 1 N–H and O–H groups in total. The maximum absolute atomic E-state index is 14.0. The molecule has 2 aliphatic heterocycles. The van der Waals surface area contributed by atoms with Gasteiger partial charge in [0.2, 0.25) is 0 Å². The molecule has 7 nitrogen and oxygen atoms in total. The van der Waals surface area contributed by atoms with Crippen LogP contribution in [0.25, 0.3) is 0 Å². The summed E-state index contributed by atoms with van der Waals surface area (Å²) >= 11 is 0. The Bertz CT molecular complexity index is 1210. The first-order valence-electron chi connectivity index (χ1n) is 11.9. The minimum atomic E-state index is -4.51. The Morgan fingerprint density at radius 2 is 1.83 bits per heavy atom. The predicted octanol–water partition coefficient (Wildman–Crippen LogP) is 4.51. The van der Waals surface area contributed by atoms with Gasteiger partial charge in [-0.3, -0.25) is 9.69 Å². The van der Waals surface area contributed by atoms with Gasteiger partial charge >= 0.3 is 6.18 Å².